The largest absolute Gasteiger partial charge is 0.369 e. The third-order valence-electron chi connectivity index (χ3n) is 2.63. The molecule has 0 aromatic carbocycles. The number of amides is 1. The van der Waals surface area contributed by atoms with E-state index in [1.807, 2.05) is 6.07 Å². The molecule has 0 aliphatic carbocycles. The van der Waals surface area contributed by atoms with Gasteiger partial charge in [0.05, 0.1) is 0 Å². The molecular formula is C9H13N3OS. The Labute approximate surface area is 86.9 Å². The number of nitrogens with zero attached hydrogens (tertiary/aromatic N) is 2. The van der Waals surface area contributed by atoms with Crippen LogP contribution >= 0.6 is 11.5 Å². The van der Waals surface area contributed by atoms with E-state index in [4.69, 9.17) is 5.73 Å². The Kier molecular flexibility index (Phi) is 2.67. The van der Waals surface area contributed by atoms with Crippen molar-refractivity contribution >= 4 is 22.4 Å². The summed E-state index contributed by atoms with van der Waals surface area (Å²) >= 11 is 1.50. The monoisotopic (exact) mass is 211 g/mol. The summed E-state index contributed by atoms with van der Waals surface area (Å²) in [5, 5.41) is 1.19. The van der Waals surface area contributed by atoms with Crippen molar-refractivity contribution in [2.24, 2.45) is 11.7 Å². The van der Waals surface area contributed by atoms with Crippen LogP contribution in [0.1, 0.15) is 12.8 Å². The van der Waals surface area contributed by atoms with Crippen LogP contribution in [0.25, 0.3) is 0 Å². The van der Waals surface area contributed by atoms with Crippen LogP contribution in [0.3, 0.4) is 0 Å². The molecule has 14 heavy (non-hydrogen) atoms. The summed E-state index contributed by atoms with van der Waals surface area (Å²) in [6, 6.07) is 2.01. The van der Waals surface area contributed by atoms with Gasteiger partial charge in [-0.2, -0.15) is 4.37 Å². The molecule has 1 aliphatic rings. The molecule has 1 amide bonds. The molecule has 0 radical (unpaired) electrons. The van der Waals surface area contributed by atoms with Gasteiger partial charge < -0.3 is 10.6 Å². The maximum absolute atomic E-state index is 10.9. The van der Waals surface area contributed by atoms with E-state index in [1.165, 1.54) is 16.5 Å². The number of carbonyl (C=O) groups is 1. The minimum absolute atomic E-state index is 0.0687. The molecule has 0 unspecified atom stereocenters. The zero-order valence-electron chi connectivity index (χ0n) is 7.85. The minimum Gasteiger partial charge on any atom is -0.369 e. The van der Waals surface area contributed by atoms with Crippen LogP contribution in [0, 0.1) is 5.92 Å². The number of carbonyl (C=O) groups excluding carboxylic acids is 1. The van der Waals surface area contributed by atoms with Gasteiger partial charge in [-0.1, -0.05) is 0 Å². The molecule has 0 spiro atoms. The Morgan fingerprint density at radius 3 is 2.79 bits per heavy atom. The van der Waals surface area contributed by atoms with E-state index in [9.17, 15) is 4.79 Å². The third-order valence-corrected chi connectivity index (χ3v) is 3.44. The summed E-state index contributed by atoms with van der Waals surface area (Å²) < 4.78 is 4.06. The summed E-state index contributed by atoms with van der Waals surface area (Å²) in [5.41, 5.74) is 5.26. The fourth-order valence-corrected chi connectivity index (χ4v) is 2.41. The number of nitrogens with two attached hydrogens (primary N) is 1. The van der Waals surface area contributed by atoms with Crippen molar-refractivity contribution in [2.75, 3.05) is 18.0 Å². The van der Waals surface area contributed by atoms with E-state index < -0.39 is 0 Å². The number of aromatic nitrogens is 1. The van der Waals surface area contributed by atoms with Crippen LogP contribution < -0.4 is 10.6 Å². The highest BCUT2D eigenvalue weighted by atomic mass is 32.1. The van der Waals surface area contributed by atoms with E-state index in [-0.39, 0.29) is 11.8 Å². The van der Waals surface area contributed by atoms with Gasteiger partial charge in [0.1, 0.15) is 5.00 Å². The first-order chi connectivity index (χ1) is 6.77. The summed E-state index contributed by atoms with van der Waals surface area (Å²) in [7, 11) is 0. The van der Waals surface area contributed by atoms with Gasteiger partial charge >= 0.3 is 0 Å². The molecule has 4 nitrogen and oxygen atoms in total. The second kappa shape index (κ2) is 3.96. The Bertz CT molecular complexity index is 304. The predicted molar refractivity (Wildman–Crippen MR) is 56.2 cm³/mol. The molecule has 1 aromatic heterocycles. The molecular weight excluding hydrogens is 198 g/mol. The van der Waals surface area contributed by atoms with Gasteiger partial charge in [0.15, 0.2) is 0 Å². The molecule has 0 atom stereocenters. The van der Waals surface area contributed by atoms with Crippen LogP contribution in [0.2, 0.25) is 0 Å². The first kappa shape index (κ1) is 9.45. The lowest BCUT2D eigenvalue weighted by Gasteiger charge is -2.30. The molecule has 2 N–H and O–H groups in total. The second-order valence-electron chi connectivity index (χ2n) is 3.51. The second-order valence-corrected chi connectivity index (χ2v) is 4.33. The van der Waals surface area contributed by atoms with E-state index in [1.54, 1.807) is 6.20 Å². The highest BCUT2D eigenvalue weighted by Gasteiger charge is 2.23. The first-order valence-electron chi connectivity index (χ1n) is 4.72. The molecule has 0 saturated carbocycles. The quantitative estimate of drug-likeness (QED) is 0.788. The number of piperidine rings is 1. The molecule has 1 aromatic rings. The van der Waals surface area contributed by atoms with E-state index in [2.05, 4.69) is 9.27 Å². The summed E-state index contributed by atoms with van der Waals surface area (Å²) in [6.07, 6.45) is 3.54. The zero-order chi connectivity index (χ0) is 9.97. The van der Waals surface area contributed by atoms with E-state index in [0.717, 1.165) is 25.9 Å². The topological polar surface area (TPSA) is 59.2 Å². The highest BCUT2D eigenvalue weighted by molar-refractivity contribution is 7.10. The van der Waals surface area contributed by atoms with Crippen LogP contribution in [-0.4, -0.2) is 23.4 Å². The Morgan fingerprint density at radius 1 is 1.57 bits per heavy atom. The van der Waals surface area contributed by atoms with Crippen LogP contribution in [-0.2, 0) is 4.79 Å². The van der Waals surface area contributed by atoms with Gasteiger partial charge in [-0.15, -0.1) is 0 Å². The van der Waals surface area contributed by atoms with Crippen LogP contribution in [0.5, 0.6) is 0 Å². The normalized spacial score (nSPS) is 18.4. The molecule has 1 saturated heterocycles. The molecule has 1 aliphatic heterocycles. The predicted octanol–water partition coefficient (Wildman–Crippen LogP) is 0.845. The van der Waals surface area contributed by atoms with Crippen molar-refractivity contribution in [1.82, 2.24) is 4.37 Å². The van der Waals surface area contributed by atoms with Crippen molar-refractivity contribution in [1.29, 1.82) is 0 Å². The number of rotatable bonds is 2. The SMILES string of the molecule is NC(=O)C1CCN(c2ccns2)CC1. The Hall–Kier alpha value is -1.10. The Morgan fingerprint density at radius 2 is 2.29 bits per heavy atom. The molecule has 1 fully saturated rings. The number of hydrogen-bond acceptors (Lipinski definition) is 4. The van der Waals surface area contributed by atoms with Crippen molar-refractivity contribution in [2.45, 2.75) is 12.8 Å². The lowest BCUT2D eigenvalue weighted by atomic mass is 9.96. The zero-order valence-corrected chi connectivity index (χ0v) is 8.67. The van der Waals surface area contributed by atoms with Crippen LogP contribution in [0.15, 0.2) is 12.3 Å². The van der Waals surface area contributed by atoms with Gasteiger partial charge in [-0.05, 0) is 30.4 Å². The van der Waals surface area contributed by atoms with E-state index >= 15 is 0 Å². The number of hydrogen-bond donors (Lipinski definition) is 1. The van der Waals surface area contributed by atoms with Crippen molar-refractivity contribution in [3.05, 3.63) is 12.3 Å². The standard InChI is InChI=1S/C9H13N3OS/c10-9(13)7-2-5-12(6-3-7)8-1-4-11-14-8/h1,4,7H,2-3,5-6H2,(H2,10,13). The molecule has 5 heteroatoms. The highest BCUT2D eigenvalue weighted by Crippen LogP contribution is 2.25. The third kappa shape index (κ3) is 1.87. The molecule has 2 heterocycles. The Balaban J connectivity index is 1.93. The molecule has 2 rings (SSSR count). The average Bonchev–Trinajstić information content (AvgIpc) is 2.71. The van der Waals surface area contributed by atoms with Gasteiger partial charge in [0.25, 0.3) is 0 Å². The molecule has 76 valence electrons. The van der Waals surface area contributed by atoms with Crippen molar-refractivity contribution in [3.63, 3.8) is 0 Å². The van der Waals surface area contributed by atoms with Gasteiger partial charge in [0.2, 0.25) is 5.91 Å². The maximum Gasteiger partial charge on any atom is 0.220 e. The van der Waals surface area contributed by atoms with Crippen LogP contribution in [0.4, 0.5) is 5.00 Å². The van der Waals surface area contributed by atoms with Crippen molar-refractivity contribution in [3.8, 4) is 0 Å². The minimum atomic E-state index is -0.158. The fourth-order valence-electron chi connectivity index (χ4n) is 1.76. The first-order valence-corrected chi connectivity index (χ1v) is 5.49. The van der Waals surface area contributed by atoms with Gasteiger partial charge in [0, 0.05) is 25.2 Å². The summed E-state index contributed by atoms with van der Waals surface area (Å²) in [5.74, 6) is -0.0897. The number of primary amides is 1. The number of anilines is 1. The fraction of sp³-hybridized carbons (Fsp3) is 0.556. The summed E-state index contributed by atoms with van der Waals surface area (Å²) in [4.78, 5) is 13.2. The van der Waals surface area contributed by atoms with Crippen molar-refractivity contribution < 1.29 is 4.79 Å². The van der Waals surface area contributed by atoms with Gasteiger partial charge in [-0.3, -0.25) is 4.79 Å². The molecule has 0 bridgehead atoms. The average molecular weight is 211 g/mol. The van der Waals surface area contributed by atoms with Gasteiger partial charge in [-0.25, -0.2) is 0 Å². The lowest BCUT2D eigenvalue weighted by molar-refractivity contribution is -0.122. The maximum atomic E-state index is 10.9. The lowest BCUT2D eigenvalue weighted by Crippen LogP contribution is -2.38. The van der Waals surface area contributed by atoms with E-state index in [0.29, 0.717) is 0 Å². The summed E-state index contributed by atoms with van der Waals surface area (Å²) in [6.45, 7) is 1.82. The smallest absolute Gasteiger partial charge is 0.220 e.